The summed E-state index contributed by atoms with van der Waals surface area (Å²) in [5.41, 5.74) is 1.18. The van der Waals surface area contributed by atoms with E-state index >= 15 is 0 Å². The van der Waals surface area contributed by atoms with Crippen LogP contribution in [0.3, 0.4) is 0 Å². The second-order valence-electron chi connectivity index (χ2n) is 6.14. The molecule has 2 nitrogen and oxygen atoms in total. The van der Waals surface area contributed by atoms with Crippen molar-refractivity contribution in [3.05, 3.63) is 48.0 Å². The van der Waals surface area contributed by atoms with Gasteiger partial charge in [0.1, 0.15) is 0 Å². The smallest absolute Gasteiger partial charge is 0.0668 e. The summed E-state index contributed by atoms with van der Waals surface area (Å²) in [6.45, 7) is 10.0. The number of hydrogen-bond acceptors (Lipinski definition) is 2. The molecule has 0 fully saturated rings. The largest absolute Gasteiger partial charge is 0.374 e. The van der Waals surface area contributed by atoms with Crippen LogP contribution in [0.15, 0.2) is 42.5 Å². The van der Waals surface area contributed by atoms with Gasteiger partial charge in [-0.3, -0.25) is 0 Å². The molecule has 0 spiro atoms. The summed E-state index contributed by atoms with van der Waals surface area (Å²) in [4.78, 5) is 0. The van der Waals surface area contributed by atoms with Crippen molar-refractivity contribution in [3.8, 4) is 0 Å². The highest BCUT2D eigenvalue weighted by atomic mass is 16.5. The lowest BCUT2D eigenvalue weighted by atomic mass is 10.0. The standard InChI is InChI=1S/C18H25NO/c1-5-19-17(13-20-18(2,3)4)16-11-10-14-8-6-7-9-15(14)12-16/h6-12,17,19H,5,13H2,1-4H3. The van der Waals surface area contributed by atoms with Crippen LogP contribution in [0.5, 0.6) is 0 Å². The molecule has 0 aromatic heterocycles. The monoisotopic (exact) mass is 271 g/mol. The van der Waals surface area contributed by atoms with Gasteiger partial charge in [0, 0.05) is 0 Å². The van der Waals surface area contributed by atoms with Gasteiger partial charge in [0.25, 0.3) is 0 Å². The first-order valence-electron chi connectivity index (χ1n) is 7.35. The van der Waals surface area contributed by atoms with E-state index in [1.54, 1.807) is 0 Å². The minimum Gasteiger partial charge on any atom is -0.374 e. The van der Waals surface area contributed by atoms with E-state index in [2.05, 4.69) is 75.5 Å². The van der Waals surface area contributed by atoms with Gasteiger partial charge >= 0.3 is 0 Å². The fourth-order valence-corrected chi connectivity index (χ4v) is 2.28. The molecule has 0 heterocycles. The fourth-order valence-electron chi connectivity index (χ4n) is 2.28. The van der Waals surface area contributed by atoms with E-state index in [1.165, 1.54) is 16.3 Å². The molecule has 1 atom stereocenters. The van der Waals surface area contributed by atoms with Crippen molar-refractivity contribution in [1.82, 2.24) is 5.32 Å². The van der Waals surface area contributed by atoms with Crippen molar-refractivity contribution in [2.75, 3.05) is 13.2 Å². The summed E-state index contributed by atoms with van der Waals surface area (Å²) in [6.07, 6.45) is 0. The third-order valence-electron chi connectivity index (χ3n) is 3.31. The molecule has 0 radical (unpaired) electrons. The van der Waals surface area contributed by atoms with Crippen LogP contribution < -0.4 is 5.32 Å². The lowest BCUT2D eigenvalue weighted by Gasteiger charge is -2.25. The Morgan fingerprint density at radius 1 is 1.05 bits per heavy atom. The minimum absolute atomic E-state index is 0.107. The molecule has 0 aliphatic heterocycles. The Kier molecular flexibility index (Phi) is 4.79. The summed E-state index contributed by atoms with van der Waals surface area (Å²) in [7, 11) is 0. The molecule has 1 N–H and O–H groups in total. The van der Waals surface area contributed by atoms with Crippen molar-refractivity contribution < 1.29 is 4.74 Å². The van der Waals surface area contributed by atoms with Crippen molar-refractivity contribution in [3.63, 3.8) is 0 Å². The van der Waals surface area contributed by atoms with Gasteiger partial charge in [-0.25, -0.2) is 0 Å². The zero-order valence-electron chi connectivity index (χ0n) is 12.9. The maximum absolute atomic E-state index is 5.95. The average molecular weight is 271 g/mol. The Balaban J connectivity index is 2.21. The van der Waals surface area contributed by atoms with Crippen LogP contribution in [-0.4, -0.2) is 18.8 Å². The maximum atomic E-state index is 5.95. The van der Waals surface area contributed by atoms with E-state index in [0.717, 1.165) is 6.54 Å². The highest BCUT2D eigenvalue weighted by molar-refractivity contribution is 5.83. The van der Waals surface area contributed by atoms with Gasteiger partial charge in [-0.2, -0.15) is 0 Å². The fraction of sp³-hybridized carbons (Fsp3) is 0.444. The summed E-state index contributed by atoms with van der Waals surface area (Å²) in [5.74, 6) is 0. The molecule has 108 valence electrons. The highest BCUT2D eigenvalue weighted by Gasteiger charge is 2.16. The van der Waals surface area contributed by atoms with E-state index in [1.807, 2.05) is 0 Å². The van der Waals surface area contributed by atoms with Gasteiger partial charge in [-0.05, 0) is 49.7 Å². The molecule has 2 rings (SSSR count). The molecular formula is C18H25NO. The Labute approximate surface area is 122 Å². The molecule has 0 saturated heterocycles. The van der Waals surface area contributed by atoms with Crippen LogP contribution in [0.1, 0.15) is 39.3 Å². The zero-order chi connectivity index (χ0) is 14.6. The first-order valence-corrected chi connectivity index (χ1v) is 7.35. The highest BCUT2D eigenvalue weighted by Crippen LogP contribution is 2.22. The van der Waals surface area contributed by atoms with Crippen molar-refractivity contribution >= 4 is 10.8 Å². The molecule has 0 aliphatic rings. The maximum Gasteiger partial charge on any atom is 0.0668 e. The normalized spacial score (nSPS) is 13.6. The van der Waals surface area contributed by atoms with Gasteiger partial charge in [0.15, 0.2) is 0 Å². The Morgan fingerprint density at radius 2 is 1.75 bits per heavy atom. The predicted octanol–water partition coefficient (Wildman–Crippen LogP) is 4.31. The van der Waals surface area contributed by atoms with Gasteiger partial charge < -0.3 is 10.1 Å². The topological polar surface area (TPSA) is 21.3 Å². The lowest BCUT2D eigenvalue weighted by Crippen LogP contribution is -2.30. The van der Waals surface area contributed by atoms with Crippen LogP contribution >= 0.6 is 0 Å². The van der Waals surface area contributed by atoms with Crippen LogP contribution in [-0.2, 0) is 4.74 Å². The minimum atomic E-state index is -0.107. The molecule has 20 heavy (non-hydrogen) atoms. The summed E-state index contributed by atoms with van der Waals surface area (Å²) in [5, 5.41) is 6.07. The Morgan fingerprint density at radius 3 is 2.40 bits per heavy atom. The number of hydrogen-bond donors (Lipinski definition) is 1. The first kappa shape index (κ1) is 15.0. The van der Waals surface area contributed by atoms with Crippen LogP contribution in [0.2, 0.25) is 0 Å². The third-order valence-corrected chi connectivity index (χ3v) is 3.31. The molecule has 0 bridgehead atoms. The number of fused-ring (bicyclic) bond motifs is 1. The second-order valence-corrected chi connectivity index (χ2v) is 6.14. The summed E-state index contributed by atoms with van der Waals surface area (Å²) in [6, 6.07) is 15.3. The third kappa shape index (κ3) is 4.06. The summed E-state index contributed by atoms with van der Waals surface area (Å²) < 4.78 is 5.95. The molecule has 2 aromatic rings. The van der Waals surface area contributed by atoms with E-state index in [-0.39, 0.29) is 11.6 Å². The van der Waals surface area contributed by atoms with Crippen molar-refractivity contribution in [1.29, 1.82) is 0 Å². The van der Waals surface area contributed by atoms with Gasteiger partial charge in [0.05, 0.1) is 18.2 Å². The van der Waals surface area contributed by atoms with Crippen LogP contribution in [0.25, 0.3) is 10.8 Å². The van der Waals surface area contributed by atoms with E-state index in [0.29, 0.717) is 6.61 Å². The van der Waals surface area contributed by atoms with E-state index < -0.39 is 0 Å². The SMILES string of the molecule is CCNC(COC(C)(C)C)c1ccc2ccccc2c1. The van der Waals surface area contributed by atoms with Crippen molar-refractivity contribution in [2.45, 2.75) is 39.3 Å². The molecular weight excluding hydrogens is 246 g/mol. The molecule has 1 unspecified atom stereocenters. The summed E-state index contributed by atoms with van der Waals surface area (Å²) >= 11 is 0. The molecule has 2 heteroatoms. The van der Waals surface area contributed by atoms with Crippen molar-refractivity contribution in [2.24, 2.45) is 0 Å². The number of nitrogens with one attached hydrogen (secondary N) is 1. The average Bonchev–Trinajstić information content (AvgIpc) is 2.42. The molecule has 0 saturated carbocycles. The van der Waals surface area contributed by atoms with Crippen LogP contribution in [0, 0.1) is 0 Å². The molecule has 0 amide bonds. The number of likely N-dealkylation sites (N-methyl/N-ethyl adjacent to an activating group) is 1. The molecule has 0 aliphatic carbocycles. The zero-order valence-corrected chi connectivity index (χ0v) is 12.9. The number of benzene rings is 2. The first-order chi connectivity index (χ1) is 9.49. The quantitative estimate of drug-likeness (QED) is 0.875. The van der Waals surface area contributed by atoms with Gasteiger partial charge in [-0.1, -0.05) is 43.3 Å². The predicted molar refractivity (Wildman–Crippen MR) is 86.1 cm³/mol. The van der Waals surface area contributed by atoms with Crippen LogP contribution in [0.4, 0.5) is 0 Å². The lowest BCUT2D eigenvalue weighted by molar-refractivity contribution is -0.0146. The Bertz CT molecular complexity index is 557. The van der Waals surface area contributed by atoms with E-state index in [4.69, 9.17) is 4.74 Å². The van der Waals surface area contributed by atoms with E-state index in [9.17, 15) is 0 Å². The van der Waals surface area contributed by atoms with Gasteiger partial charge in [0.2, 0.25) is 0 Å². The number of ether oxygens (including phenoxy) is 1. The molecule has 2 aromatic carbocycles. The number of rotatable bonds is 5. The Hall–Kier alpha value is -1.38. The second kappa shape index (κ2) is 6.38. The van der Waals surface area contributed by atoms with Gasteiger partial charge in [-0.15, -0.1) is 0 Å².